The summed E-state index contributed by atoms with van der Waals surface area (Å²) in [5.41, 5.74) is 0. The molecule has 0 aliphatic carbocycles. The van der Waals surface area contributed by atoms with Crippen LogP contribution in [0.3, 0.4) is 0 Å². The maximum atomic E-state index is 3.49. The molecule has 0 fully saturated rings. The Morgan fingerprint density at radius 1 is 1.80 bits per heavy atom. The molecular weight excluding hydrogens is 85.5 g/mol. The van der Waals surface area contributed by atoms with E-state index in [2.05, 4.69) is 11.7 Å². The first-order valence-corrected chi connectivity index (χ1v) is 1.34. The lowest BCUT2D eigenvalue weighted by atomic mass is 10.8. The summed E-state index contributed by atoms with van der Waals surface area (Å²) in [6, 6.07) is 0. The van der Waals surface area contributed by atoms with Gasteiger partial charge in [-0.15, -0.1) is 12.4 Å². The first kappa shape index (κ1) is 8.88. The first-order valence-electron chi connectivity index (χ1n) is 1.34. The molecule has 2 heteroatoms. The second-order valence-electron chi connectivity index (χ2n) is 0.540. The predicted molar refractivity (Wildman–Crippen MR) is 27.3 cm³/mol. The van der Waals surface area contributed by atoms with E-state index in [0.717, 1.165) is 6.54 Å². The van der Waals surface area contributed by atoms with Crippen molar-refractivity contribution in [2.75, 3.05) is 6.54 Å². The first-order chi connectivity index (χ1) is 1.91. The molecule has 1 nitrogen and oxygen atoms in total. The van der Waals surface area contributed by atoms with Gasteiger partial charge in [0.05, 0.1) is 0 Å². The zero-order valence-electron chi connectivity index (χ0n) is 3.27. The van der Waals surface area contributed by atoms with Gasteiger partial charge in [-0.05, 0) is 13.6 Å². The predicted octanol–water partition coefficient (Wildman–Crippen LogP) is 1.13. The quantitative estimate of drug-likeness (QED) is 0.431. The van der Waals surface area contributed by atoms with Gasteiger partial charge in [0.2, 0.25) is 0 Å². The monoisotopic (exact) mass is 93.0 g/mol. The van der Waals surface area contributed by atoms with Gasteiger partial charge in [-0.1, -0.05) is 0 Å². The topological polar surface area (TPSA) is 12.4 Å². The van der Waals surface area contributed by atoms with Crippen molar-refractivity contribution < 1.29 is 0 Å². The van der Waals surface area contributed by atoms with Crippen LogP contribution in [0, 0.1) is 0 Å². The van der Waals surface area contributed by atoms with E-state index in [1.165, 1.54) is 0 Å². The third kappa shape index (κ3) is 16.5. The highest BCUT2D eigenvalue weighted by atomic mass is 35.5. The van der Waals surface area contributed by atoms with Crippen molar-refractivity contribution in [1.29, 1.82) is 0 Å². The second-order valence-corrected chi connectivity index (χ2v) is 0.540. The van der Waals surface area contributed by atoms with Gasteiger partial charge in [0.1, 0.15) is 0 Å². The second kappa shape index (κ2) is 9.03. The van der Waals surface area contributed by atoms with Gasteiger partial charge < -0.3 is 4.99 Å². The van der Waals surface area contributed by atoms with E-state index in [-0.39, 0.29) is 12.4 Å². The molecule has 0 rings (SSSR count). The average molecular weight is 93.6 g/mol. The molecule has 0 saturated heterocycles. The van der Waals surface area contributed by atoms with E-state index in [1.54, 1.807) is 0 Å². The molecule has 0 aromatic rings. The zero-order chi connectivity index (χ0) is 3.41. The lowest BCUT2D eigenvalue weighted by molar-refractivity contribution is 1.15. The van der Waals surface area contributed by atoms with Crippen LogP contribution in [0.25, 0.3) is 0 Å². The minimum atomic E-state index is 0. The van der Waals surface area contributed by atoms with Crippen LogP contribution in [0.2, 0.25) is 0 Å². The highest BCUT2D eigenvalue weighted by Gasteiger charge is 1.43. The van der Waals surface area contributed by atoms with Crippen molar-refractivity contribution in [3.63, 3.8) is 0 Å². The molecule has 0 bridgehead atoms. The Balaban J connectivity index is 0. The highest BCUT2D eigenvalue weighted by molar-refractivity contribution is 5.85. The molecule has 5 heavy (non-hydrogen) atoms. The Labute approximate surface area is 38.5 Å². The van der Waals surface area contributed by atoms with Crippen LogP contribution in [0.1, 0.15) is 6.92 Å². The number of hydrogen-bond donors (Lipinski definition) is 0. The lowest BCUT2D eigenvalue weighted by Gasteiger charge is -1.61. The van der Waals surface area contributed by atoms with Crippen LogP contribution in [0.4, 0.5) is 0 Å². The number of rotatable bonds is 1. The average Bonchev–Trinajstić information content (AvgIpc) is 1.37. The molecular formula is C3H8ClN. The fraction of sp³-hybridized carbons (Fsp3) is 0.667. The number of aliphatic imine (C=N–C) groups is 1. The summed E-state index contributed by atoms with van der Waals surface area (Å²) >= 11 is 0. The molecule has 0 aromatic carbocycles. The van der Waals surface area contributed by atoms with E-state index in [4.69, 9.17) is 0 Å². The van der Waals surface area contributed by atoms with E-state index >= 15 is 0 Å². The molecule has 0 heterocycles. The van der Waals surface area contributed by atoms with E-state index < -0.39 is 0 Å². The highest BCUT2D eigenvalue weighted by Crippen LogP contribution is 1.50. The summed E-state index contributed by atoms with van der Waals surface area (Å²) in [6.45, 7) is 6.01. The third-order valence-electron chi connectivity index (χ3n) is 0.224. The Bertz CT molecular complexity index is 20.9. The Hall–Kier alpha value is -0.0400. The summed E-state index contributed by atoms with van der Waals surface area (Å²) in [5.74, 6) is 0. The SMILES string of the molecule is C=NCC.Cl. The van der Waals surface area contributed by atoms with E-state index in [1.807, 2.05) is 6.92 Å². The van der Waals surface area contributed by atoms with Crippen LogP contribution in [0.5, 0.6) is 0 Å². The Morgan fingerprint density at radius 2 is 2.00 bits per heavy atom. The van der Waals surface area contributed by atoms with Gasteiger partial charge in [0.25, 0.3) is 0 Å². The van der Waals surface area contributed by atoms with Crippen molar-refractivity contribution in [2.24, 2.45) is 4.99 Å². The zero-order valence-corrected chi connectivity index (χ0v) is 4.09. The van der Waals surface area contributed by atoms with Crippen molar-refractivity contribution in [3.05, 3.63) is 0 Å². The van der Waals surface area contributed by atoms with E-state index in [0.29, 0.717) is 0 Å². The van der Waals surface area contributed by atoms with Crippen molar-refractivity contribution in [1.82, 2.24) is 0 Å². The molecule has 0 unspecified atom stereocenters. The molecule has 0 saturated carbocycles. The smallest absolute Gasteiger partial charge is 0.0353 e. The van der Waals surface area contributed by atoms with Crippen molar-refractivity contribution >= 4 is 19.1 Å². The van der Waals surface area contributed by atoms with Gasteiger partial charge >= 0.3 is 0 Å². The molecule has 0 atom stereocenters. The molecule has 0 N–H and O–H groups in total. The van der Waals surface area contributed by atoms with Crippen LogP contribution < -0.4 is 0 Å². The number of hydrogen-bond acceptors (Lipinski definition) is 1. The molecule has 32 valence electrons. The maximum Gasteiger partial charge on any atom is 0.0353 e. The third-order valence-corrected chi connectivity index (χ3v) is 0.224. The summed E-state index contributed by atoms with van der Waals surface area (Å²) < 4.78 is 0. The Kier molecular flexibility index (Phi) is 16.0. The molecule has 0 aliphatic heterocycles. The van der Waals surface area contributed by atoms with Gasteiger partial charge in [-0.25, -0.2) is 0 Å². The normalized spacial score (nSPS) is 5.00. The Morgan fingerprint density at radius 3 is 2.00 bits per heavy atom. The summed E-state index contributed by atoms with van der Waals surface area (Å²) in [6.07, 6.45) is 0. The fourth-order valence-corrected chi connectivity index (χ4v) is 0. The van der Waals surface area contributed by atoms with Crippen LogP contribution in [0.15, 0.2) is 4.99 Å². The van der Waals surface area contributed by atoms with Gasteiger partial charge in [0.15, 0.2) is 0 Å². The summed E-state index contributed by atoms with van der Waals surface area (Å²) in [4.78, 5) is 3.49. The van der Waals surface area contributed by atoms with Gasteiger partial charge in [-0.2, -0.15) is 0 Å². The number of nitrogens with zero attached hydrogens (tertiary/aromatic N) is 1. The van der Waals surface area contributed by atoms with Gasteiger partial charge in [0, 0.05) is 6.54 Å². The summed E-state index contributed by atoms with van der Waals surface area (Å²) in [7, 11) is 0. The standard InChI is InChI=1S/C3H7N.ClH/c1-3-4-2;/h2-3H2,1H3;1H. The lowest BCUT2D eigenvalue weighted by Crippen LogP contribution is -1.54. The van der Waals surface area contributed by atoms with Gasteiger partial charge in [-0.3, -0.25) is 0 Å². The largest absolute Gasteiger partial charge is 0.301 e. The molecule has 0 aromatic heterocycles. The minimum Gasteiger partial charge on any atom is -0.301 e. The van der Waals surface area contributed by atoms with Crippen LogP contribution in [-0.2, 0) is 0 Å². The fourth-order valence-electron chi connectivity index (χ4n) is 0. The minimum absolute atomic E-state index is 0. The maximum absolute atomic E-state index is 3.49. The molecule has 0 amide bonds. The van der Waals surface area contributed by atoms with Crippen molar-refractivity contribution in [2.45, 2.75) is 6.92 Å². The van der Waals surface area contributed by atoms with Crippen molar-refractivity contribution in [3.8, 4) is 0 Å². The molecule has 0 aliphatic rings. The molecule has 0 spiro atoms. The van der Waals surface area contributed by atoms with E-state index in [9.17, 15) is 0 Å². The molecule has 0 radical (unpaired) electrons. The number of halogens is 1. The summed E-state index contributed by atoms with van der Waals surface area (Å²) in [5, 5.41) is 0. The van der Waals surface area contributed by atoms with Crippen LogP contribution in [-0.4, -0.2) is 13.3 Å². The van der Waals surface area contributed by atoms with Crippen LogP contribution >= 0.6 is 12.4 Å².